The van der Waals surface area contributed by atoms with Crippen molar-refractivity contribution in [2.45, 2.75) is 20.4 Å². The van der Waals surface area contributed by atoms with Crippen molar-refractivity contribution in [2.75, 3.05) is 14.1 Å². The monoisotopic (exact) mass is 340 g/mol. The minimum atomic E-state index is 0.409. The van der Waals surface area contributed by atoms with Gasteiger partial charge in [-0.1, -0.05) is 0 Å². The van der Waals surface area contributed by atoms with E-state index in [2.05, 4.69) is 36.8 Å². The predicted molar refractivity (Wildman–Crippen MR) is 97.1 cm³/mol. The Morgan fingerprint density at radius 3 is 2.32 bits per heavy atom. The van der Waals surface area contributed by atoms with E-state index in [1.165, 1.54) is 0 Å². The zero-order chi connectivity index (χ0) is 16.5. The number of nitrogens with zero attached hydrogens (tertiary/aromatic N) is 4. The van der Waals surface area contributed by atoms with Gasteiger partial charge in [-0.2, -0.15) is 15.3 Å². The van der Waals surface area contributed by atoms with Gasteiger partial charge in [-0.3, -0.25) is 15.5 Å². The summed E-state index contributed by atoms with van der Waals surface area (Å²) in [6, 6.07) is 1.86. The van der Waals surface area contributed by atoms with Crippen LogP contribution >= 0.6 is 24.4 Å². The Morgan fingerprint density at radius 1 is 1.18 bits per heavy atom. The molecule has 0 aromatic carbocycles. The fourth-order valence-corrected chi connectivity index (χ4v) is 1.61. The molecule has 0 spiro atoms. The summed E-state index contributed by atoms with van der Waals surface area (Å²) in [6.07, 6.45) is 1.71. The van der Waals surface area contributed by atoms with Gasteiger partial charge in [-0.05, 0) is 44.3 Å². The first-order chi connectivity index (χ1) is 10.5. The molecule has 1 rings (SSSR count). The lowest BCUT2D eigenvalue weighted by atomic mass is 10.2. The average Bonchev–Trinajstić information content (AvgIpc) is 3.00. The van der Waals surface area contributed by atoms with E-state index in [-0.39, 0.29) is 0 Å². The maximum absolute atomic E-state index is 5.04. The molecule has 0 atom stereocenters. The molecule has 22 heavy (non-hydrogen) atoms. The first-order valence-electron chi connectivity index (χ1n) is 6.63. The van der Waals surface area contributed by atoms with E-state index in [4.69, 9.17) is 24.4 Å². The largest absolute Gasteiger partial charge is 0.364 e. The summed E-state index contributed by atoms with van der Waals surface area (Å²) in [5.41, 5.74) is 7.58. The molecule has 0 aliphatic rings. The molecule has 0 aliphatic heterocycles. The summed E-state index contributed by atoms with van der Waals surface area (Å²) >= 11 is 10.0. The third-order valence-electron chi connectivity index (χ3n) is 2.65. The maximum Gasteiger partial charge on any atom is 0.186 e. The number of hydrogen-bond acceptors (Lipinski definition) is 5. The van der Waals surface area contributed by atoms with Crippen LogP contribution in [0.25, 0.3) is 0 Å². The van der Waals surface area contributed by atoms with E-state index >= 15 is 0 Å². The Morgan fingerprint density at radius 2 is 1.77 bits per heavy atom. The lowest BCUT2D eigenvalue weighted by Gasteiger charge is -2.10. The molecule has 0 saturated carbocycles. The third kappa shape index (κ3) is 5.04. The van der Waals surface area contributed by atoms with Gasteiger partial charge in [0.05, 0.1) is 11.4 Å². The van der Waals surface area contributed by atoms with Crippen LogP contribution in [-0.4, -0.2) is 45.5 Å². The SMILES string of the molecule is CCn1nccc1C(=N\NC(=S)NC)/C(C)=N/NC(=S)NC. The van der Waals surface area contributed by atoms with Gasteiger partial charge in [0.25, 0.3) is 0 Å². The lowest BCUT2D eigenvalue weighted by Crippen LogP contribution is -2.33. The summed E-state index contributed by atoms with van der Waals surface area (Å²) in [6.45, 7) is 4.54. The van der Waals surface area contributed by atoms with Gasteiger partial charge in [0.15, 0.2) is 10.2 Å². The van der Waals surface area contributed by atoms with Gasteiger partial charge in [-0.15, -0.1) is 0 Å². The molecule has 10 heteroatoms. The molecule has 0 amide bonds. The van der Waals surface area contributed by atoms with Gasteiger partial charge >= 0.3 is 0 Å². The second kappa shape index (κ2) is 9.05. The Kier molecular flexibility index (Phi) is 7.40. The fraction of sp³-hybridized carbons (Fsp3) is 0.417. The van der Waals surface area contributed by atoms with Gasteiger partial charge in [0.1, 0.15) is 5.71 Å². The summed E-state index contributed by atoms with van der Waals surface area (Å²) in [7, 11) is 3.43. The average molecular weight is 340 g/mol. The topological polar surface area (TPSA) is 90.7 Å². The first-order valence-corrected chi connectivity index (χ1v) is 7.45. The van der Waals surface area contributed by atoms with Crippen molar-refractivity contribution in [3.63, 3.8) is 0 Å². The van der Waals surface area contributed by atoms with E-state index < -0.39 is 0 Å². The molecular formula is C12H20N8S2. The van der Waals surface area contributed by atoms with Crippen LogP contribution in [0.15, 0.2) is 22.5 Å². The fourth-order valence-electron chi connectivity index (χ4n) is 1.52. The number of aromatic nitrogens is 2. The summed E-state index contributed by atoms with van der Waals surface area (Å²) in [5.74, 6) is 0. The number of nitrogens with one attached hydrogen (secondary N) is 4. The quantitative estimate of drug-likeness (QED) is 0.345. The molecule has 0 bridgehead atoms. The highest BCUT2D eigenvalue weighted by Gasteiger charge is 2.13. The minimum absolute atomic E-state index is 0.409. The van der Waals surface area contributed by atoms with Crippen LogP contribution in [0.1, 0.15) is 19.5 Å². The van der Waals surface area contributed by atoms with E-state index in [0.29, 0.717) is 28.2 Å². The Hall–Kier alpha value is -2.07. The van der Waals surface area contributed by atoms with E-state index in [9.17, 15) is 0 Å². The molecule has 8 nitrogen and oxygen atoms in total. The van der Waals surface area contributed by atoms with Crippen LogP contribution in [0.5, 0.6) is 0 Å². The van der Waals surface area contributed by atoms with Crippen molar-refractivity contribution >= 4 is 46.1 Å². The molecule has 0 unspecified atom stereocenters. The van der Waals surface area contributed by atoms with Crippen molar-refractivity contribution in [1.29, 1.82) is 0 Å². The Balaban J connectivity index is 3.11. The van der Waals surface area contributed by atoms with Crippen molar-refractivity contribution in [2.24, 2.45) is 10.2 Å². The lowest BCUT2D eigenvalue weighted by molar-refractivity contribution is 0.654. The molecule has 4 N–H and O–H groups in total. The van der Waals surface area contributed by atoms with Crippen LogP contribution in [0.2, 0.25) is 0 Å². The Bertz CT molecular complexity index is 590. The van der Waals surface area contributed by atoms with Crippen molar-refractivity contribution in [3.8, 4) is 0 Å². The van der Waals surface area contributed by atoms with Crippen LogP contribution in [0, 0.1) is 0 Å². The zero-order valence-electron chi connectivity index (χ0n) is 13.0. The molecule has 0 saturated heterocycles. The van der Waals surface area contributed by atoms with Gasteiger partial charge < -0.3 is 10.6 Å². The Labute approximate surface area is 140 Å². The molecule has 1 heterocycles. The van der Waals surface area contributed by atoms with Crippen LogP contribution in [-0.2, 0) is 6.54 Å². The van der Waals surface area contributed by atoms with Crippen LogP contribution < -0.4 is 21.5 Å². The van der Waals surface area contributed by atoms with Gasteiger partial charge in [0, 0.05) is 26.8 Å². The molecule has 0 radical (unpaired) electrons. The van der Waals surface area contributed by atoms with Crippen molar-refractivity contribution < 1.29 is 0 Å². The smallest absolute Gasteiger partial charge is 0.186 e. The molecule has 0 fully saturated rings. The second-order valence-corrected chi connectivity index (χ2v) is 4.89. The van der Waals surface area contributed by atoms with E-state index in [1.807, 2.05) is 24.6 Å². The minimum Gasteiger partial charge on any atom is -0.364 e. The highest BCUT2D eigenvalue weighted by atomic mass is 32.1. The normalized spacial score (nSPS) is 11.8. The highest BCUT2D eigenvalue weighted by molar-refractivity contribution is 7.80. The van der Waals surface area contributed by atoms with Crippen molar-refractivity contribution in [1.82, 2.24) is 31.3 Å². The molecule has 0 aliphatic carbocycles. The maximum atomic E-state index is 5.04. The number of hydrazone groups is 2. The molecule has 1 aromatic rings. The predicted octanol–water partition coefficient (Wildman–Crippen LogP) is 0.171. The van der Waals surface area contributed by atoms with E-state index in [1.54, 1.807) is 20.3 Å². The molecule has 120 valence electrons. The molecule has 1 aromatic heterocycles. The summed E-state index contributed by atoms with van der Waals surface area (Å²) < 4.78 is 1.82. The number of aryl methyl sites for hydroxylation is 1. The standard InChI is InChI=1S/C12H20N8S2/c1-5-20-9(6-7-15-20)10(17-19-12(22)14-4)8(2)16-18-11(21)13-3/h6-7H,5H2,1-4H3,(H2,13,18,21)(H2,14,19,22)/b16-8+,17-10-. The second-order valence-electron chi connectivity index (χ2n) is 4.07. The zero-order valence-corrected chi connectivity index (χ0v) is 14.6. The summed E-state index contributed by atoms with van der Waals surface area (Å²) in [5, 5.41) is 19.2. The van der Waals surface area contributed by atoms with Crippen LogP contribution in [0.3, 0.4) is 0 Å². The number of thiocarbonyl (C=S) groups is 2. The first kappa shape index (κ1) is 18.0. The van der Waals surface area contributed by atoms with Crippen LogP contribution in [0.4, 0.5) is 0 Å². The molecular weight excluding hydrogens is 320 g/mol. The van der Waals surface area contributed by atoms with Gasteiger partial charge in [0.2, 0.25) is 0 Å². The number of hydrogen-bond donors (Lipinski definition) is 4. The number of rotatable bonds is 5. The van der Waals surface area contributed by atoms with Crippen molar-refractivity contribution in [3.05, 3.63) is 18.0 Å². The third-order valence-corrected chi connectivity index (χ3v) is 3.24. The van der Waals surface area contributed by atoms with E-state index in [0.717, 1.165) is 5.69 Å². The highest BCUT2D eigenvalue weighted by Crippen LogP contribution is 2.03. The summed E-state index contributed by atoms with van der Waals surface area (Å²) in [4.78, 5) is 0. The van der Waals surface area contributed by atoms with Gasteiger partial charge in [-0.25, -0.2) is 0 Å².